The van der Waals surface area contributed by atoms with Crippen LogP contribution in [0.4, 0.5) is 11.4 Å². The molecule has 184 valence electrons. The first-order chi connectivity index (χ1) is 16.1. The molecule has 0 saturated carbocycles. The molecule has 1 aliphatic rings. The fraction of sp³-hybridized carbons (Fsp3) is 0.364. The van der Waals surface area contributed by atoms with E-state index in [0.717, 1.165) is 24.8 Å². The Labute approximate surface area is 203 Å². The van der Waals surface area contributed by atoms with Crippen molar-refractivity contribution in [3.05, 3.63) is 53.1 Å². The lowest BCUT2D eigenvalue weighted by Crippen LogP contribution is -2.36. The molecular weight excluding hydrogens is 486 g/mol. The number of nitrogens with zero attached hydrogens (tertiary/aromatic N) is 2. The Morgan fingerprint density at radius 1 is 1.15 bits per heavy atom. The topological polar surface area (TPSA) is 114 Å². The third-order valence-electron chi connectivity index (χ3n) is 5.20. The van der Waals surface area contributed by atoms with Crippen molar-refractivity contribution in [3.63, 3.8) is 0 Å². The predicted octanol–water partition coefficient (Wildman–Crippen LogP) is 2.54. The van der Waals surface area contributed by atoms with Gasteiger partial charge >= 0.3 is 5.97 Å². The molecule has 0 spiro atoms. The number of esters is 1. The molecule has 0 bridgehead atoms. The fourth-order valence-electron chi connectivity index (χ4n) is 3.17. The summed E-state index contributed by atoms with van der Waals surface area (Å²) in [6, 6.07) is 11.0. The van der Waals surface area contributed by atoms with E-state index in [1.54, 1.807) is 12.1 Å². The van der Waals surface area contributed by atoms with Crippen LogP contribution in [0.2, 0.25) is 5.02 Å². The molecular formula is C22H26ClN3O7S. The smallest absolute Gasteiger partial charge is 0.338 e. The van der Waals surface area contributed by atoms with Crippen molar-refractivity contribution in [1.82, 2.24) is 4.47 Å². The van der Waals surface area contributed by atoms with E-state index in [0.29, 0.717) is 23.4 Å². The van der Waals surface area contributed by atoms with Crippen molar-refractivity contribution >= 4 is 44.9 Å². The maximum Gasteiger partial charge on any atom is 0.338 e. The minimum absolute atomic E-state index is 0.0815. The van der Waals surface area contributed by atoms with Crippen molar-refractivity contribution in [3.8, 4) is 0 Å². The lowest BCUT2D eigenvalue weighted by atomic mass is 10.2. The van der Waals surface area contributed by atoms with Gasteiger partial charge < -0.3 is 19.7 Å². The van der Waals surface area contributed by atoms with Crippen LogP contribution in [0, 0.1) is 0 Å². The summed E-state index contributed by atoms with van der Waals surface area (Å²) in [5.41, 5.74) is 1.49. The van der Waals surface area contributed by atoms with E-state index in [9.17, 15) is 18.0 Å². The highest BCUT2D eigenvalue weighted by molar-refractivity contribution is 7.89. The molecule has 1 aliphatic heterocycles. The van der Waals surface area contributed by atoms with Crippen molar-refractivity contribution in [1.29, 1.82) is 0 Å². The highest BCUT2D eigenvalue weighted by Gasteiger charge is 2.26. The van der Waals surface area contributed by atoms with E-state index in [1.807, 2.05) is 12.1 Å². The fourth-order valence-corrected chi connectivity index (χ4v) is 4.64. The SMILES string of the molecule is CON(C)S(=O)(=O)c1cc(C(=O)O[C@@H](C)C(=O)Nc2ccc(N3CCOCC3)cc2)ccc1Cl. The van der Waals surface area contributed by atoms with Crippen LogP contribution in [0.5, 0.6) is 0 Å². The summed E-state index contributed by atoms with van der Waals surface area (Å²) in [6.45, 7) is 4.36. The number of halogens is 1. The van der Waals surface area contributed by atoms with Gasteiger partial charge in [-0.25, -0.2) is 13.2 Å². The maximum absolute atomic E-state index is 12.6. The number of hydroxylamine groups is 1. The summed E-state index contributed by atoms with van der Waals surface area (Å²) >= 11 is 6.01. The third kappa shape index (κ3) is 6.05. The number of ether oxygens (including phenoxy) is 2. The van der Waals surface area contributed by atoms with Gasteiger partial charge in [-0.3, -0.25) is 9.63 Å². The minimum Gasteiger partial charge on any atom is -0.449 e. The summed E-state index contributed by atoms with van der Waals surface area (Å²) < 4.78 is 36.2. The molecule has 1 N–H and O–H groups in total. The Morgan fingerprint density at radius 3 is 2.41 bits per heavy atom. The second-order valence-corrected chi connectivity index (χ2v) is 9.74. The molecule has 34 heavy (non-hydrogen) atoms. The van der Waals surface area contributed by atoms with Crippen LogP contribution < -0.4 is 10.2 Å². The van der Waals surface area contributed by atoms with Gasteiger partial charge in [-0.05, 0) is 49.4 Å². The first-order valence-corrected chi connectivity index (χ1v) is 12.2. The lowest BCUT2D eigenvalue weighted by molar-refractivity contribution is -0.123. The Hall–Kier alpha value is -2.70. The second-order valence-electron chi connectivity index (χ2n) is 7.43. The molecule has 0 unspecified atom stereocenters. The van der Waals surface area contributed by atoms with Crippen LogP contribution >= 0.6 is 11.6 Å². The van der Waals surface area contributed by atoms with Crippen molar-refractivity contribution < 1.29 is 32.3 Å². The number of hydrogen-bond donors (Lipinski definition) is 1. The largest absolute Gasteiger partial charge is 0.449 e. The number of rotatable bonds is 8. The lowest BCUT2D eigenvalue weighted by Gasteiger charge is -2.28. The van der Waals surface area contributed by atoms with Crippen molar-refractivity contribution in [2.24, 2.45) is 0 Å². The Bertz CT molecular complexity index is 1140. The van der Waals surface area contributed by atoms with E-state index in [-0.39, 0.29) is 15.5 Å². The monoisotopic (exact) mass is 511 g/mol. The Balaban J connectivity index is 1.64. The number of carbonyl (C=O) groups is 2. The van der Waals surface area contributed by atoms with Gasteiger partial charge in [-0.1, -0.05) is 16.1 Å². The number of nitrogens with one attached hydrogen (secondary N) is 1. The number of sulfonamides is 1. The summed E-state index contributed by atoms with van der Waals surface area (Å²) in [7, 11) is -1.72. The molecule has 1 atom stereocenters. The molecule has 1 fully saturated rings. The van der Waals surface area contributed by atoms with Gasteiger partial charge in [0, 0.05) is 31.5 Å². The first kappa shape index (κ1) is 25.9. The Morgan fingerprint density at radius 2 is 1.79 bits per heavy atom. The minimum atomic E-state index is -4.09. The standard InChI is InChI=1S/C22H26ClN3O7S/c1-15(21(27)24-17-5-7-18(8-6-17)26-10-12-32-13-11-26)33-22(28)16-4-9-19(23)20(14-16)34(29,30)25(2)31-3/h4-9,14-15H,10-13H2,1-3H3,(H,24,27)/t15-/m0/s1. The zero-order valence-corrected chi connectivity index (χ0v) is 20.6. The van der Waals surface area contributed by atoms with Crippen LogP contribution in [0.3, 0.4) is 0 Å². The molecule has 1 amide bonds. The molecule has 3 rings (SSSR count). The average Bonchev–Trinajstić information content (AvgIpc) is 2.84. The quantitative estimate of drug-likeness (QED) is 0.425. The maximum atomic E-state index is 12.6. The van der Waals surface area contributed by atoms with E-state index < -0.39 is 28.0 Å². The summed E-state index contributed by atoms with van der Waals surface area (Å²) in [5, 5.41) is 2.61. The molecule has 2 aromatic rings. The van der Waals surface area contributed by atoms with Gasteiger partial charge in [-0.15, -0.1) is 0 Å². The van der Waals surface area contributed by atoms with Crippen molar-refractivity contribution in [2.45, 2.75) is 17.9 Å². The van der Waals surface area contributed by atoms with Gasteiger partial charge in [0.2, 0.25) is 0 Å². The van der Waals surface area contributed by atoms with Gasteiger partial charge in [0.15, 0.2) is 6.10 Å². The van der Waals surface area contributed by atoms with E-state index in [2.05, 4.69) is 10.2 Å². The Kier molecular flexibility index (Phi) is 8.50. The van der Waals surface area contributed by atoms with Gasteiger partial charge in [-0.2, -0.15) is 0 Å². The zero-order chi connectivity index (χ0) is 24.9. The highest BCUT2D eigenvalue weighted by Crippen LogP contribution is 2.26. The number of carbonyl (C=O) groups excluding carboxylic acids is 2. The predicted molar refractivity (Wildman–Crippen MR) is 126 cm³/mol. The molecule has 0 radical (unpaired) electrons. The molecule has 2 aromatic carbocycles. The van der Waals surface area contributed by atoms with Gasteiger partial charge in [0.1, 0.15) is 4.90 Å². The summed E-state index contributed by atoms with van der Waals surface area (Å²) in [5.74, 6) is -1.41. The highest BCUT2D eigenvalue weighted by atomic mass is 35.5. The number of morpholine rings is 1. The van der Waals surface area contributed by atoms with Gasteiger partial charge in [0.25, 0.3) is 15.9 Å². The van der Waals surface area contributed by atoms with E-state index in [4.69, 9.17) is 25.9 Å². The van der Waals surface area contributed by atoms with Gasteiger partial charge in [0.05, 0.1) is 30.9 Å². The molecule has 1 heterocycles. The number of benzene rings is 2. The van der Waals surface area contributed by atoms with Crippen molar-refractivity contribution in [2.75, 3.05) is 50.7 Å². The molecule has 1 saturated heterocycles. The number of anilines is 2. The van der Waals surface area contributed by atoms with Crippen LogP contribution in [0.15, 0.2) is 47.4 Å². The zero-order valence-electron chi connectivity index (χ0n) is 19.0. The number of amides is 1. The van der Waals surface area contributed by atoms with E-state index in [1.165, 1.54) is 33.2 Å². The first-order valence-electron chi connectivity index (χ1n) is 10.4. The summed E-state index contributed by atoms with van der Waals surface area (Å²) in [6.07, 6.45) is -1.14. The number of hydrogen-bond acceptors (Lipinski definition) is 8. The second kappa shape index (κ2) is 11.2. The normalized spacial score (nSPS) is 15.1. The van der Waals surface area contributed by atoms with Crippen LogP contribution in [0.1, 0.15) is 17.3 Å². The van der Waals surface area contributed by atoms with Crippen LogP contribution in [-0.4, -0.2) is 71.3 Å². The molecule has 12 heteroatoms. The molecule has 10 nitrogen and oxygen atoms in total. The van der Waals surface area contributed by atoms with Crippen LogP contribution in [0.25, 0.3) is 0 Å². The average molecular weight is 512 g/mol. The summed E-state index contributed by atoms with van der Waals surface area (Å²) in [4.78, 5) is 31.7. The van der Waals surface area contributed by atoms with E-state index >= 15 is 0 Å². The van der Waals surface area contributed by atoms with Crippen LogP contribution in [-0.2, 0) is 29.1 Å². The molecule has 0 aliphatic carbocycles. The molecule has 0 aromatic heterocycles. The third-order valence-corrected chi connectivity index (χ3v) is 7.37.